The number of β-lactam (4-membered cyclic amide) rings is 1. The maximum Gasteiger partial charge on any atom is 0.317 e. The number of H-pyrrole nitrogens is 1. The molecule has 1 aliphatic heterocycles. The summed E-state index contributed by atoms with van der Waals surface area (Å²) in [6.45, 7) is 0. The van der Waals surface area contributed by atoms with E-state index in [9.17, 15) is 23.9 Å². The molecule has 9 nitrogen and oxygen atoms in total. The fourth-order valence-electron chi connectivity index (χ4n) is 5.95. The molecule has 1 aliphatic rings. The van der Waals surface area contributed by atoms with Gasteiger partial charge in [-0.25, -0.2) is 9.37 Å². The van der Waals surface area contributed by atoms with Crippen LogP contribution in [0.2, 0.25) is 0 Å². The van der Waals surface area contributed by atoms with Crippen LogP contribution in [-0.4, -0.2) is 43.1 Å². The first-order chi connectivity index (χ1) is 21.7. The smallest absolute Gasteiger partial charge is 0.317 e. The lowest BCUT2D eigenvalue weighted by Gasteiger charge is -2.48. The van der Waals surface area contributed by atoms with Crippen LogP contribution in [0.25, 0.3) is 0 Å². The number of aliphatic hydroxyl groups is 1. The molecule has 1 fully saturated rings. The zero-order valence-corrected chi connectivity index (χ0v) is 24.7. The predicted molar refractivity (Wildman–Crippen MR) is 165 cm³/mol. The summed E-state index contributed by atoms with van der Waals surface area (Å²) in [7, 11) is 0. The molecule has 45 heavy (non-hydrogen) atoms. The minimum absolute atomic E-state index is 0.0350. The van der Waals surface area contributed by atoms with Crippen LogP contribution >= 0.6 is 0 Å². The summed E-state index contributed by atoms with van der Waals surface area (Å²) in [5.74, 6) is -3.97. The summed E-state index contributed by atoms with van der Waals surface area (Å²) in [4.78, 5) is 45.1. The number of benzene rings is 3. The van der Waals surface area contributed by atoms with Crippen LogP contribution < -0.4 is 4.90 Å². The van der Waals surface area contributed by atoms with Crippen molar-refractivity contribution in [1.29, 1.82) is 0 Å². The Labute approximate surface area is 260 Å². The van der Waals surface area contributed by atoms with Gasteiger partial charge in [0.15, 0.2) is 5.92 Å². The summed E-state index contributed by atoms with van der Waals surface area (Å²) in [6, 6.07) is 21.1. The van der Waals surface area contributed by atoms with E-state index in [4.69, 9.17) is 10.2 Å². The number of aliphatic carboxylic acids is 2. The number of carbonyl (C=O) groups excluding carboxylic acids is 1. The number of aryl methyl sites for hydroxylation is 3. The highest BCUT2D eigenvalue weighted by atomic mass is 19.1. The second kappa shape index (κ2) is 14.3. The highest BCUT2D eigenvalue weighted by molar-refractivity contribution is 6.03. The number of aromatic amines is 1. The van der Waals surface area contributed by atoms with Crippen LogP contribution in [0.15, 0.2) is 85.2 Å². The van der Waals surface area contributed by atoms with E-state index in [0.29, 0.717) is 31.2 Å². The number of anilines is 1. The number of amides is 1. The molecule has 3 atom stereocenters. The third-order valence-electron chi connectivity index (χ3n) is 8.52. The van der Waals surface area contributed by atoms with E-state index in [1.54, 1.807) is 29.4 Å². The largest absolute Gasteiger partial charge is 0.481 e. The molecule has 1 saturated heterocycles. The lowest BCUT2D eigenvalue weighted by molar-refractivity contribution is -0.154. The molecule has 1 amide bonds. The van der Waals surface area contributed by atoms with Gasteiger partial charge in [-0.2, -0.15) is 0 Å². The van der Waals surface area contributed by atoms with Crippen LogP contribution in [0.1, 0.15) is 65.9 Å². The zero-order valence-electron chi connectivity index (χ0n) is 24.7. The Morgan fingerprint density at radius 2 is 1.51 bits per heavy atom. The lowest BCUT2D eigenvalue weighted by Crippen LogP contribution is -2.55. The standard InChI is InChI=1S/C35H36FN3O6/c36-26-13-11-24(12-14-26)30(40)18-17-28-32(25-9-4-22(5-10-25)2-1-3-29(34(42)43)35(44)45)39(33(28)41)27-15-6-23(7-16-27)8-19-31-37-20-21-38-31/h4-7,9-16,20-21,28-30,32,40H,1-3,8,17-19H2,(H,37,38)(H,42,43)(H,44,45)/t28?,30-,32?/m0/s1. The fraction of sp³-hybridized carbons (Fsp3) is 0.314. The van der Waals surface area contributed by atoms with Crippen molar-refractivity contribution >= 4 is 23.5 Å². The van der Waals surface area contributed by atoms with Gasteiger partial charge in [-0.3, -0.25) is 14.4 Å². The molecule has 4 aromatic rings. The molecule has 0 saturated carbocycles. The number of carbonyl (C=O) groups is 3. The van der Waals surface area contributed by atoms with E-state index in [-0.39, 0.29) is 30.1 Å². The minimum Gasteiger partial charge on any atom is -0.481 e. The number of carboxylic acids is 2. The second-order valence-electron chi connectivity index (χ2n) is 11.5. The van der Waals surface area contributed by atoms with E-state index >= 15 is 0 Å². The zero-order chi connectivity index (χ0) is 31.9. The number of imidazole rings is 1. The quantitative estimate of drug-likeness (QED) is 0.100. The van der Waals surface area contributed by atoms with Crippen molar-refractivity contribution in [2.75, 3.05) is 4.90 Å². The van der Waals surface area contributed by atoms with Gasteiger partial charge >= 0.3 is 11.9 Å². The Balaban J connectivity index is 1.29. The van der Waals surface area contributed by atoms with Crippen molar-refractivity contribution in [3.05, 3.63) is 119 Å². The summed E-state index contributed by atoms with van der Waals surface area (Å²) < 4.78 is 13.4. The van der Waals surface area contributed by atoms with Crippen molar-refractivity contribution in [2.24, 2.45) is 11.8 Å². The Bertz CT molecular complexity index is 1580. The minimum atomic E-state index is -1.43. The Hall–Kier alpha value is -4.83. The van der Waals surface area contributed by atoms with Crippen LogP contribution in [0.5, 0.6) is 0 Å². The van der Waals surface area contributed by atoms with Gasteiger partial charge < -0.3 is 25.2 Å². The number of aromatic nitrogens is 2. The Morgan fingerprint density at radius 3 is 2.13 bits per heavy atom. The molecule has 10 heteroatoms. The number of nitrogens with one attached hydrogen (secondary N) is 1. The van der Waals surface area contributed by atoms with Gasteiger partial charge in [0.2, 0.25) is 5.91 Å². The summed E-state index contributed by atoms with van der Waals surface area (Å²) in [6.07, 6.45) is 6.01. The highest BCUT2D eigenvalue weighted by Gasteiger charge is 2.48. The van der Waals surface area contributed by atoms with Crippen LogP contribution in [-0.2, 0) is 33.6 Å². The number of halogens is 1. The van der Waals surface area contributed by atoms with Gasteiger partial charge in [-0.05, 0) is 85.0 Å². The SMILES string of the molecule is O=C(O)C(CCCc1ccc(C2C(CC[C@H](O)c3ccc(F)cc3)C(=O)N2c2ccc(CCc3ncc[nH]3)cc2)cc1)C(=O)O. The van der Waals surface area contributed by atoms with E-state index < -0.39 is 24.0 Å². The van der Waals surface area contributed by atoms with E-state index in [1.165, 1.54) is 12.1 Å². The molecule has 2 unspecified atom stereocenters. The number of hydrogen-bond acceptors (Lipinski definition) is 5. The Morgan fingerprint density at radius 1 is 0.867 bits per heavy atom. The third kappa shape index (κ3) is 7.64. The molecule has 5 rings (SSSR count). The molecule has 4 N–H and O–H groups in total. The monoisotopic (exact) mass is 613 g/mol. The van der Waals surface area contributed by atoms with E-state index in [1.807, 2.05) is 48.5 Å². The third-order valence-corrected chi connectivity index (χ3v) is 8.52. The van der Waals surface area contributed by atoms with Crippen molar-refractivity contribution < 1.29 is 34.1 Å². The molecular formula is C35H36FN3O6. The molecule has 3 aromatic carbocycles. The van der Waals surface area contributed by atoms with Gasteiger partial charge in [0, 0.05) is 24.5 Å². The number of rotatable bonds is 15. The van der Waals surface area contributed by atoms with Crippen LogP contribution in [0.3, 0.4) is 0 Å². The average Bonchev–Trinajstić information content (AvgIpc) is 3.56. The van der Waals surface area contributed by atoms with Gasteiger partial charge in [-0.1, -0.05) is 48.5 Å². The molecule has 0 bridgehead atoms. The van der Waals surface area contributed by atoms with Crippen molar-refractivity contribution in [2.45, 2.75) is 57.1 Å². The first-order valence-corrected chi connectivity index (χ1v) is 15.1. The van der Waals surface area contributed by atoms with Crippen molar-refractivity contribution in [3.63, 3.8) is 0 Å². The predicted octanol–water partition coefficient (Wildman–Crippen LogP) is 5.66. The first-order valence-electron chi connectivity index (χ1n) is 15.1. The number of carboxylic acid groups (broad SMARTS) is 2. The second-order valence-corrected chi connectivity index (χ2v) is 11.5. The number of aliphatic hydroxyl groups excluding tert-OH is 1. The molecule has 2 heterocycles. The lowest BCUT2D eigenvalue weighted by atomic mass is 9.78. The number of nitrogens with zero attached hydrogens (tertiary/aromatic N) is 2. The average molecular weight is 614 g/mol. The van der Waals surface area contributed by atoms with Gasteiger partial charge in [0.05, 0.1) is 18.1 Å². The molecule has 234 valence electrons. The summed E-state index contributed by atoms with van der Waals surface area (Å²) in [5.41, 5.74) is 4.36. The normalized spacial score (nSPS) is 16.9. The van der Waals surface area contributed by atoms with E-state index in [2.05, 4.69) is 9.97 Å². The maximum absolute atomic E-state index is 13.6. The maximum atomic E-state index is 13.6. The van der Waals surface area contributed by atoms with Crippen LogP contribution in [0.4, 0.5) is 10.1 Å². The van der Waals surface area contributed by atoms with E-state index in [0.717, 1.165) is 41.0 Å². The van der Waals surface area contributed by atoms with Crippen LogP contribution in [0, 0.1) is 17.7 Å². The topological polar surface area (TPSA) is 144 Å². The number of hydrogen-bond donors (Lipinski definition) is 4. The molecule has 0 spiro atoms. The van der Waals surface area contributed by atoms with Crippen molar-refractivity contribution in [1.82, 2.24) is 9.97 Å². The van der Waals surface area contributed by atoms with Crippen molar-refractivity contribution in [3.8, 4) is 0 Å². The molecule has 0 radical (unpaired) electrons. The first kappa shape index (κ1) is 31.6. The fourth-order valence-corrected chi connectivity index (χ4v) is 5.95. The Kier molecular flexibility index (Phi) is 10.0. The molecular weight excluding hydrogens is 577 g/mol. The molecule has 1 aromatic heterocycles. The van der Waals surface area contributed by atoms with Gasteiger partial charge in [-0.15, -0.1) is 0 Å². The summed E-state index contributed by atoms with van der Waals surface area (Å²) >= 11 is 0. The van der Waals surface area contributed by atoms with Gasteiger partial charge in [0.1, 0.15) is 11.6 Å². The molecule has 0 aliphatic carbocycles. The highest BCUT2D eigenvalue weighted by Crippen LogP contribution is 2.46. The van der Waals surface area contributed by atoms with Gasteiger partial charge in [0.25, 0.3) is 0 Å². The summed E-state index contributed by atoms with van der Waals surface area (Å²) in [5, 5.41) is 29.0.